The van der Waals surface area contributed by atoms with Crippen LogP contribution in [-0.4, -0.2) is 12.1 Å². The summed E-state index contributed by atoms with van der Waals surface area (Å²) < 4.78 is 44.4. The zero-order chi connectivity index (χ0) is 15.5. The summed E-state index contributed by atoms with van der Waals surface area (Å²) in [5, 5.41) is 2.71. The minimum absolute atomic E-state index is 0.182. The average Bonchev–Trinajstić information content (AvgIpc) is 2.45. The van der Waals surface area contributed by atoms with E-state index in [0.29, 0.717) is 5.75 Å². The predicted molar refractivity (Wildman–Crippen MR) is 77.3 cm³/mol. The van der Waals surface area contributed by atoms with Crippen LogP contribution in [0.4, 0.5) is 19.0 Å². The average molecular weight is 361 g/mol. The first-order chi connectivity index (χ1) is 9.91. The maximum Gasteiger partial charge on any atom is 0.419 e. The highest BCUT2D eigenvalue weighted by Gasteiger charge is 2.34. The Morgan fingerprint density at radius 2 is 2.00 bits per heavy atom. The van der Waals surface area contributed by atoms with Gasteiger partial charge in [-0.05, 0) is 28.1 Å². The van der Waals surface area contributed by atoms with Gasteiger partial charge in [-0.3, -0.25) is 0 Å². The van der Waals surface area contributed by atoms with Crippen LogP contribution in [0, 0.1) is 0 Å². The van der Waals surface area contributed by atoms with Crippen molar-refractivity contribution in [3.63, 3.8) is 0 Å². The van der Waals surface area contributed by atoms with Gasteiger partial charge in [-0.2, -0.15) is 13.2 Å². The lowest BCUT2D eigenvalue weighted by atomic mass is 10.2. The molecular formula is C14H12BrF3N2O. The van der Waals surface area contributed by atoms with Gasteiger partial charge in [-0.1, -0.05) is 18.2 Å². The summed E-state index contributed by atoms with van der Waals surface area (Å²) in [6.45, 7) is 0.182. The molecule has 0 aliphatic rings. The lowest BCUT2D eigenvalue weighted by molar-refractivity contribution is -0.137. The van der Waals surface area contributed by atoms with Crippen molar-refractivity contribution in [1.82, 2.24) is 4.98 Å². The van der Waals surface area contributed by atoms with Crippen molar-refractivity contribution in [3.8, 4) is 5.75 Å². The fraction of sp³-hybridized carbons (Fsp3) is 0.214. The van der Waals surface area contributed by atoms with E-state index < -0.39 is 11.7 Å². The number of pyridine rings is 1. The molecule has 2 rings (SSSR count). The number of aromatic nitrogens is 1. The largest absolute Gasteiger partial charge is 0.496 e. The molecule has 1 aromatic heterocycles. The molecule has 1 aromatic carbocycles. The lowest BCUT2D eigenvalue weighted by Crippen LogP contribution is -2.12. The van der Waals surface area contributed by atoms with Gasteiger partial charge in [0.2, 0.25) is 0 Å². The first-order valence-corrected chi connectivity index (χ1v) is 6.79. The molecule has 0 fully saturated rings. The van der Waals surface area contributed by atoms with Crippen LogP contribution in [0.1, 0.15) is 11.1 Å². The van der Waals surface area contributed by atoms with Crippen LogP contribution < -0.4 is 10.1 Å². The highest BCUT2D eigenvalue weighted by molar-refractivity contribution is 9.10. The number of hydrogen-bond acceptors (Lipinski definition) is 3. The molecule has 0 amide bonds. The zero-order valence-electron chi connectivity index (χ0n) is 11.0. The molecule has 1 N–H and O–H groups in total. The summed E-state index contributed by atoms with van der Waals surface area (Å²) in [7, 11) is 1.51. The van der Waals surface area contributed by atoms with Crippen molar-refractivity contribution in [2.75, 3.05) is 12.4 Å². The summed E-state index contributed by atoms with van der Waals surface area (Å²) in [5.74, 6) is 0.396. The maximum atomic E-state index is 13.0. The number of nitrogens with zero attached hydrogens (tertiary/aromatic N) is 1. The number of methoxy groups -OCH3 is 1. The Labute approximate surface area is 128 Å². The quantitative estimate of drug-likeness (QED) is 0.872. The number of para-hydroxylation sites is 1. The van der Waals surface area contributed by atoms with Gasteiger partial charge in [0.15, 0.2) is 0 Å². The summed E-state index contributed by atoms with van der Waals surface area (Å²) in [6.07, 6.45) is -3.15. The van der Waals surface area contributed by atoms with Crippen molar-refractivity contribution in [3.05, 3.63) is 52.1 Å². The third-order valence-electron chi connectivity index (χ3n) is 2.80. The molecule has 3 nitrogen and oxygen atoms in total. The van der Waals surface area contributed by atoms with Gasteiger partial charge in [-0.25, -0.2) is 4.98 Å². The number of alkyl halides is 3. The second kappa shape index (κ2) is 6.34. The van der Waals surface area contributed by atoms with Gasteiger partial charge >= 0.3 is 6.18 Å². The van der Waals surface area contributed by atoms with Gasteiger partial charge in [0, 0.05) is 22.8 Å². The molecule has 0 unspecified atom stereocenters. The van der Waals surface area contributed by atoms with Crippen molar-refractivity contribution >= 4 is 21.7 Å². The Balaban J connectivity index is 2.24. The number of hydrogen-bond donors (Lipinski definition) is 1. The van der Waals surface area contributed by atoms with E-state index in [1.165, 1.54) is 13.3 Å². The standard InChI is InChI=1S/C14H12BrF3N2O/c1-21-12-5-3-2-4-9(12)7-19-13-11(14(16,17)18)6-10(15)8-20-13/h2-6,8H,7H2,1H3,(H,19,20). The number of rotatable bonds is 4. The third kappa shape index (κ3) is 3.87. The van der Waals surface area contributed by atoms with Gasteiger partial charge in [0.1, 0.15) is 11.6 Å². The van der Waals surface area contributed by atoms with Crippen LogP contribution in [0.3, 0.4) is 0 Å². The van der Waals surface area contributed by atoms with Gasteiger partial charge in [-0.15, -0.1) is 0 Å². The van der Waals surface area contributed by atoms with Gasteiger partial charge in [0.05, 0.1) is 12.7 Å². The fourth-order valence-electron chi connectivity index (χ4n) is 1.82. The second-order valence-corrected chi connectivity index (χ2v) is 5.13. The van der Waals surface area contributed by atoms with E-state index in [-0.39, 0.29) is 16.8 Å². The monoisotopic (exact) mass is 360 g/mol. The SMILES string of the molecule is COc1ccccc1CNc1ncc(Br)cc1C(F)(F)F. The van der Waals surface area contributed by atoms with Crippen LogP contribution >= 0.6 is 15.9 Å². The topological polar surface area (TPSA) is 34.1 Å². The molecule has 0 spiro atoms. The first-order valence-electron chi connectivity index (χ1n) is 6.00. The minimum atomic E-state index is -4.47. The summed E-state index contributed by atoms with van der Waals surface area (Å²) in [4.78, 5) is 3.80. The normalized spacial score (nSPS) is 11.3. The molecule has 1 heterocycles. The maximum absolute atomic E-state index is 13.0. The fourth-order valence-corrected chi connectivity index (χ4v) is 2.16. The van der Waals surface area contributed by atoms with Crippen LogP contribution in [0.15, 0.2) is 41.0 Å². The van der Waals surface area contributed by atoms with Crippen molar-refractivity contribution in [2.45, 2.75) is 12.7 Å². The van der Waals surface area contributed by atoms with Crippen LogP contribution in [0.25, 0.3) is 0 Å². The lowest BCUT2D eigenvalue weighted by Gasteiger charge is -2.15. The van der Waals surface area contributed by atoms with Crippen LogP contribution in [0.2, 0.25) is 0 Å². The van der Waals surface area contributed by atoms with E-state index >= 15 is 0 Å². The van der Waals surface area contributed by atoms with Crippen LogP contribution in [0.5, 0.6) is 5.75 Å². The predicted octanol–water partition coefficient (Wildman–Crippen LogP) is 4.48. The molecule has 0 atom stereocenters. The third-order valence-corrected chi connectivity index (χ3v) is 3.23. The molecule has 0 aliphatic heterocycles. The highest BCUT2D eigenvalue weighted by atomic mass is 79.9. The molecule has 0 saturated carbocycles. The Morgan fingerprint density at radius 1 is 1.29 bits per heavy atom. The Kier molecular flexibility index (Phi) is 4.72. The molecule has 0 saturated heterocycles. The van der Waals surface area contributed by atoms with Gasteiger partial charge < -0.3 is 10.1 Å². The second-order valence-electron chi connectivity index (χ2n) is 4.21. The number of anilines is 1. The molecule has 112 valence electrons. The molecule has 2 aromatic rings. The van der Waals surface area contributed by atoms with E-state index in [0.717, 1.165) is 11.6 Å². The van der Waals surface area contributed by atoms with E-state index in [1.54, 1.807) is 24.3 Å². The van der Waals surface area contributed by atoms with Crippen molar-refractivity contribution in [1.29, 1.82) is 0 Å². The first kappa shape index (κ1) is 15.6. The van der Waals surface area contributed by atoms with E-state index in [1.807, 2.05) is 0 Å². The number of halogens is 4. The van der Waals surface area contributed by atoms with E-state index in [2.05, 4.69) is 26.2 Å². The number of nitrogens with one attached hydrogen (secondary N) is 1. The molecule has 7 heteroatoms. The molecule has 0 bridgehead atoms. The minimum Gasteiger partial charge on any atom is -0.496 e. The van der Waals surface area contributed by atoms with E-state index in [9.17, 15) is 13.2 Å². The number of benzene rings is 1. The summed E-state index contributed by atoms with van der Waals surface area (Å²) in [6, 6.07) is 8.10. The molecule has 0 radical (unpaired) electrons. The Morgan fingerprint density at radius 3 is 2.67 bits per heavy atom. The Bertz CT molecular complexity index is 632. The highest BCUT2D eigenvalue weighted by Crippen LogP contribution is 2.35. The smallest absolute Gasteiger partial charge is 0.419 e. The zero-order valence-corrected chi connectivity index (χ0v) is 12.6. The summed E-state index contributed by atoms with van der Waals surface area (Å²) in [5.41, 5.74) is -0.0652. The molecule has 21 heavy (non-hydrogen) atoms. The summed E-state index contributed by atoms with van der Waals surface area (Å²) >= 11 is 3.00. The molecule has 0 aliphatic carbocycles. The van der Waals surface area contributed by atoms with Crippen molar-refractivity contribution < 1.29 is 17.9 Å². The van der Waals surface area contributed by atoms with E-state index in [4.69, 9.17) is 4.74 Å². The van der Waals surface area contributed by atoms with Crippen molar-refractivity contribution in [2.24, 2.45) is 0 Å². The van der Waals surface area contributed by atoms with Gasteiger partial charge in [0.25, 0.3) is 0 Å². The number of ether oxygens (including phenoxy) is 1. The van der Waals surface area contributed by atoms with Crippen LogP contribution in [-0.2, 0) is 12.7 Å². The molecular weight excluding hydrogens is 349 g/mol. The Hall–Kier alpha value is -1.76.